The second-order valence-electron chi connectivity index (χ2n) is 5.65. The number of likely N-dealkylation sites (tertiary alicyclic amines) is 1. The second kappa shape index (κ2) is 6.88. The van der Waals surface area contributed by atoms with Crippen molar-refractivity contribution in [3.05, 3.63) is 58.7 Å². The highest BCUT2D eigenvalue weighted by molar-refractivity contribution is 6.33. The third-order valence-electron chi connectivity index (χ3n) is 3.95. The van der Waals surface area contributed by atoms with Gasteiger partial charge in [0.05, 0.1) is 10.6 Å². The molecule has 1 atom stereocenters. The van der Waals surface area contributed by atoms with E-state index in [2.05, 4.69) is 10.3 Å². The van der Waals surface area contributed by atoms with Gasteiger partial charge in [-0.25, -0.2) is 4.98 Å². The zero-order valence-electron chi connectivity index (χ0n) is 12.9. The molecule has 2 amide bonds. The van der Waals surface area contributed by atoms with Crippen LogP contribution in [0.3, 0.4) is 0 Å². The Bertz CT molecular complexity index is 766. The van der Waals surface area contributed by atoms with E-state index in [-0.39, 0.29) is 22.5 Å². The normalized spacial score (nSPS) is 17.1. The molecule has 1 fully saturated rings. The van der Waals surface area contributed by atoms with Crippen molar-refractivity contribution in [1.29, 1.82) is 0 Å². The summed E-state index contributed by atoms with van der Waals surface area (Å²) in [6.07, 6.45) is 2.01. The third kappa shape index (κ3) is 3.49. The van der Waals surface area contributed by atoms with Crippen LogP contribution in [-0.4, -0.2) is 34.3 Å². The van der Waals surface area contributed by atoms with Crippen LogP contribution in [0.2, 0.25) is 5.02 Å². The molecular weight excluding hydrogens is 328 g/mol. The number of carbonyl (C=O) groups is 2. The summed E-state index contributed by atoms with van der Waals surface area (Å²) in [6.45, 7) is 1.25. The number of hydrogen-bond donors (Lipinski definition) is 2. The van der Waals surface area contributed by atoms with Gasteiger partial charge < -0.3 is 16.0 Å². The van der Waals surface area contributed by atoms with Gasteiger partial charge in [-0.2, -0.15) is 0 Å². The maximum Gasteiger partial charge on any atom is 0.250 e. The fourth-order valence-corrected chi connectivity index (χ4v) is 2.90. The number of anilines is 1. The van der Waals surface area contributed by atoms with E-state index >= 15 is 0 Å². The van der Waals surface area contributed by atoms with Gasteiger partial charge in [-0.05, 0) is 18.1 Å². The van der Waals surface area contributed by atoms with Crippen LogP contribution in [0, 0.1) is 0 Å². The quantitative estimate of drug-likeness (QED) is 0.868. The Morgan fingerprint density at radius 2 is 2.12 bits per heavy atom. The molecule has 0 spiro atoms. The molecule has 0 radical (unpaired) electrons. The Morgan fingerprint density at radius 1 is 1.38 bits per heavy atom. The molecule has 0 unspecified atom stereocenters. The van der Waals surface area contributed by atoms with Crippen LogP contribution in [0.25, 0.3) is 0 Å². The minimum atomic E-state index is -0.595. The molecule has 24 heavy (non-hydrogen) atoms. The molecule has 2 heterocycles. The molecule has 6 nitrogen and oxygen atoms in total. The number of benzene rings is 1. The summed E-state index contributed by atoms with van der Waals surface area (Å²) in [5.74, 6) is -0.209. The first-order chi connectivity index (χ1) is 11.5. The smallest absolute Gasteiger partial charge is 0.250 e. The van der Waals surface area contributed by atoms with E-state index in [0.29, 0.717) is 25.3 Å². The average Bonchev–Trinajstić information content (AvgIpc) is 2.91. The summed E-state index contributed by atoms with van der Waals surface area (Å²) >= 11 is 6.11. The van der Waals surface area contributed by atoms with Gasteiger partial charge in [-0.1, -0.05) is 41.9 Å². The highest BCUT2D eigenvalue weighted by Gasteiger charge is 2.32. The van der Waals surface area contributed by atoms with Crippen molar-refractivity contribution in [1.82, 2.24) is 9.88 Å². The van der Waals surface area contributed by atoms with Gasteiger partial charge in [0.15, 0.2) is 0 Å². The van der Waals surface area contributed by atoms with Gasteiger partial charge in [-0.3, -0.25) is 9.59 Å². The van der Waals surface area contributed by atoms with Crippen LogP contribution in [0.1, 0.15) is 22.3 Å². The molecule has 7 heteroatoms. The summed E-state index contributed by atoms with van der Waals surface area (Å²) in [5.41, 5.74) is 6.51. The fourth-order valence-electron chi connectivity index (χ4n) is 2.68. The second-order valence-corrected chi connectivity index (χ2v) is 6.06. The summed E-state index contributed by atoms with van der Waals surface area (Å²) in [5, 5.41) is 3.32. The van der Waals surface area contributed by atoms with E-state index < -0.39 is 5.91 Å². The van der Waals surface area contributed by atoms with Crippen LogP contribution in [0.15, 0.2) is 42.6 Å². The minimum Gasteiger partial charge on any atom is -0.366 e. The lowest BCUT2D eigenvalue weighted by Gasteiger charge is -2.18. The molecule has 1 aliphatic rings. The van der Waals surface area contributed by atoms with Crippen molar-refractivity contribution in [3.63, 3.8) is 0 Å². The van der Waals surface area contributed by atoms with Crippen LogP contribution in [-0.2, 0) is 11.3 Å². The first kappa shape index (κ1) is 16.3. The Balaban J connectivity index is 1.67. The molecule has 0 aliphatic carbocycles. The molecule has 0 bridgehead atoms. The molecule has 0 saturated carbocycles. The Labute approximate surface area is 144 Å². The number of pyridine rings is 1. The third-order valence-corrected chi connectivity index (χ3v) is 4.24. The molecule has 1 aromatic carbocycles. The molecule has 1 aromatic heterocycles. The number of nitrogens with one attached hydrogen (secondary N) is 1. The van der Waals surface area contributed by atoms with E-state index in [0.717, 1.165) is 5.56 Å². The molecule has 3 N–H and O–H groups in total. The lowest BCUT2D eigenvalue weighted by Crippen LogP contribution is -2.33. The monoisotopic (exact) mass is 344 g/mol. The number of primary amides is 1. The number of nitrogens with two attached hydrogens (primary N) is 1. The first-order valence-corrected chi connectivity index (χ1v) is 7.97. The predicted octanol–water partition coefficient (Wildman–Crippen LogP) is 2.05. The molecule has 3 rings (SSSR count). The van der Waals surface area contributed by atoms with Gasteiger partial charge in [0, 0.05) is 19.3 Å². The van der Waals surface area contributed by atoms with Crippen LogP contribution >= 0.6 is 11.6 Å². The Kier molecular flexibility index (Phi) is 4.66. The van der Waals surface area contributed by atoms with Crippen LogP contribution in [0.4, 0.5) is 5.82 Å². The number of rotatable bonds is 5. The first-order valence-electron chi connectivity index (χ1n) is 7.59. The molecule has 124 valence electrons. The topological polar surface area (TPSA) is 88.3 Å². The van der Waals surface area contributed by atoms with Gasteiger partial charge in [-0.15, -0.1) is 0 Å². The van der Waals surface area contributed by atoms with E-state index in [4.69, 9.17) is 17.3 Å². The van der Waals surface area contributed by atoms with Crippen LogP contribution in [0.5, 0.6) is 0 Å². The van der Waals surface area contributed by atoms with Gasteiger partial charge in [0.25, 0.3) is 0 Å². The van der Waals surface area contributed by atoms with Gasteiger partial charge >= 0.3 is 0 Å². The van der Waals surface area contributed by atoms with Crippen molar-refractivity contribution in [3.8, 4) is 0 Å². The molecule has 1 aliphatic heterocycles. The summed E-state index contributed by atoms with van der Waals surface area (Å²) in [7, 11) is 0. The lowest BCUT2D eigenvalue weighted by molar-refractivity contribution is -0.128. The maximum absolute atomic E-state index is 12.5. The van der Waals surface area contributed by atoms with E-state index in [1.54, 1.807) is 4.90 Å². The van der Waals surface area contributed by atoms with Crippen molar-refractivity contribution in [2.45, 2.75) is 19.0 Å². The summed E-state index contributed by atoms with van der Waals surface area (Å²) in [4.78, 5) is 29.5. The summed E-state index contributed by atoms with van der Waals surface area (Å²) in [6, 6.07) is 10.9. The lowest BCUT2D eigenvalue weighted by atomic mass is 10.2. The van der Waals surface area contributed by atoms with E-state index in [9.17, 15) is 9.59 Å². The predicted molar refractivity (Wildman–Crippen MR) is 91.7 cm³/mol. The SMILES string of the molecule is NC(=O)c1cnc(N[C@H]2CCN(Cc3ccccc3)C2=O)c(Cl)c1. The number of amides is 2. The number of carbonyl (C=O) groups excluding carboxylic acids is 2. The van der Waals surface area contributed by atoms with Crippen molar-refractivity contribution < 1.29 is 9.59 Å². The van der Waals surface area contributed by atoms with Crippen molar-refractivity contribution >= 4 is 29.2 Å². The number of halogens is 1. The van der Waals surface area contributed by atoms with Crippen molar-refractivity contribution in [2.75, 3.05) is 11.9 Å². The number of hydrogen-bond acceptors (Lipinski definition) is 4. The largest absolute Gasteiger partial charge is 0.366 e. The number of aromatic nitrogens is 1. The van der Waals surface area contributed by atoms with E-state index in [1.165, 1.54) is 12.3 Å². The highest BCUT2D eigenvalue weighted by atomic mass is 35.5. The zero-order valence-corrected chi connectivity index (χ0v) is 13.7. The summed E-state index contributed by atoms with van der Waals surface area (Å²) < 4.78 is 0. The molecular formula is C17H17ClN4O2. The molecule has 2 aromatic rings. The molecule has 1 saturated heterocycles. The Hall–Kier alpha value is -2.60. The van der Waals surface area contributed by atoms with Crippen molar-refractivity contribution in [2.24, 2.45) is 5.73 Å². The maximum atomic E-state index is 12.5. The average molecular weight is 345 g/mol. The standard InChI is InChI=1S/C17H17ClN4O2/c18-13-8-12(15(19)23)9-20-16(13)21-14-6-7-22(17(14)24)10-11-4-2-1-3-5-11/h1-5,8-9,14H,6-7,10H2,(H2,19,23)(H,20,21)/t14-/m0/s1. The van der Waals surface area contributed by atoms with Gasteiger partial charge in [0.2, 0.25) is 11.8 Å². The Morgan fingerprint density at radius 3 is 2.79 bits per heavy atom. The van der Waals surface area contributed by atoms with Gasteiger partial charge in [0.1, 0.15) is 11.9 Å². The van der Waals surface area contributed by atoms with E-state index in [1.807, 2.05) is 30.3 Å². The highest BCUT2D eigenvalue weighted by Crippen LogP contribution is 2.24. The van der Waals surface area contributed by atoms with Crippen LogP contribution < -0.4 is 11.1 Å². The minimum absolute atomic E-state index is 0.00991. The zero-order chi connectivity index (χ0) is 17.1. The number of nitrogens with zero attached hydrogens (tertiary/aromatic N) is 2. The fraction of sp³-hybridized carbons (Fsp3) is 0.235.